The van der Waals surface area contributed by atoms with Crippen LogP contribution >= 0.6 is 0 Å². The molecule has 1 heterocycles. The molecule has 0 aromatic heterocycles. The van der Waals surface area contributed by atoms with Crippen LogP contribution in [-0.4, -0.2) is 61.2 Å². The first-order valence-corrected chi connectivity index (χ1v) is 13.9. The van der Waals surface area contributed by atoms with Crippen molar-refractivity contribution in [2.24, 2.45) is 5.92 Å². The number of nitrogens with one attached hydrogen (secondary N) is 3. The number of nitrogens with zero attached hydrogens (tertiary/aromatic N) is 2. The number of carboxylic acid groups (broad SMARTS) is 1. The number of carboxylic acids is 1. The number of piperidine rings is 1. The van der Waals surface area contributed by atoms with E-state index in [0.29, 0.717) is 49.9 Å². The van der Waals surface area contributed by atoms with Crippen molar-refractivity contribution < 1.29 is 14.7 Å². The van der Waals surface area contributed by atoms with Crippen LogP contribution in [0, 0.1) is 17.2 Å². The topological polar surface area (TPSA) is 117 Å². The molecule has 2 unspecified atom stereocenters. The number of rotatable bonds is 10. The van der Waals surface area contributed by atoms with E-state index in [-0.39, 0.29) is 11.9 Å². The highest BCUT2D eigenvalue weighted by Crippen LogP contribution is 2.49. The van der Waals surface area contributed by atoms with Crippen LogP contribution in [0.5, 0.6) is 0 Å². The minimum absolute atomic E-state index is 0.125. The second-order valence-electron chi connectivity index (χ2n) is 11.1. The highest BCUT2D eigenvalue weighted by Gasteiger charge is 2.52. The van der Waals surface area contributed by atoms with Gasteiger partial charge in [-0.15, -0.1) is 0 Å². The summed E-state index contributed by atoms with van der Waals surface area (Å²) in [5, 5.41) is 29.7. The third-order valence-electron chi connectivity index (χ3n) is 8.92. The highest BCUT2D eigenvalue weighted by atomic mass is 16.4. The standard InChI is InChI=1S/C32H37N5O3/c1-19(37-26(17-33)15-25-16-29(25)37)18-36-12-11-32(31(39)40)27-9-7-21(20(2)34-3)13-22(27)5-6-23-14-24(30(38)35-4)8-10-28(23)32/h7-10,13-14,25-26,29,34,36H,1-2,5-6,11-12,15-16,18H2,3-4H3,(H,35,38)(H,39,40)/t25-,26?,29+,32?/m1/s1. The molecule has 1 saturated carbocycles. The quantitative estimate of drug-likeness (QED) is 0.343. The maximum Gasteiger partial charge on any atom is 0.318 e. The maximum atomic E-state index is 13.4. The van der Waals surface area contributed by atoms with Crippen molar-refractivity contribution in [1.82, 2.24) is 20.9 Å². The SMILES string of the molecule is C=C(NC)c1ccc2c(c1)CCc1cc(C(=O)NC)ccc1C2(CCNCC(=C)N1C(C#N)C[C@@H]2C[C@@H]21)C(=O)O. The monoisotopic (exact) mass is 539 g/mol. The number of benzene rings is 2. The van der Waals surface area contributed by atoms with Gasteiger partial charge in [-0.25, -0.2) is 0 Å². The summed E-state index contributed by atoms with van der Waals surface area (Å²) in [6, 6.07) is 14.0. The Bertz CT molecular complexity index is 1360. The first-order valence-electron chi connectivity index (χ1n) is 13.9. The molecular weight excluding hydrogens is 502 g/mol. The van der Waals surface area contributed by atoms with E-state index < -0.39 is 11.4 Å². The van der Waals surface area contributed by atoms with Gasteiger partial charge < -0.3 is 26.0 Å². The van der Waals surface area contributed by atoms with Crippen LogP contribution in [0.15, 0.2) is 55.3 Å². The minimum atomic E-state index is -1.30. The molecule has 0 bridgehead atoms. The number of nitriles is 1. The molecule has 2 aromatic rings. The van der Waals surface area contributed by atoms with Crippen molar-refractivity contribution in [2.45, 2.75) is 49.6 Å². The molecule has 2 aromatic carbocycles. The number of carbonyl (C=O) groups excluding carboxylic acids is 1. The van der Waals surface area contributed by atoms with E-state index in [1.807, 2.05) is 37.4 Å². The van der Waals surface area contributed by atoms with Gasteiger partial charge in [-0.3, -0.25) is 9.59 Å². The Labute approximate surface area is 235 Å². The first kappa shape index (κ1) is 27.5. The molecule has 40 heavy (non-hydrogen) atoms. The number of aliphatic carboxylic acids is 1. The molecule has 4 N–H and O–H groups in total. The summed E-state index contributed by atoms with van der Waals surface area (Å²) in [6.45, 7) is 9.26. The van der Waals surface area contributed by atoms with Crippen LogP contribution in [0.4, 0.5) is 0 Å². The number of amides is 1. The Morgan fingerprint density at radius 1 is 1.05 bits per heavy atom. The molecule has 0 spiro atoms. The number of aryl methyl sites for hydroxylation is 2. The summed E-state index contributed by atoms with van der Waals surface area (Å²) in [6.07, 6.45) is 3.60. The zero-order chi connectivity index (χ0) is 28.6. The Kier molecular flexibility index (Phi) is 7.43. The lowest BCUT2D eigenvalue weighted by Gasteiger charge is -2.33. The van der Waals surface area contributed by atoms with Gasteiger partial charge in [-0.2, -0.15) is 5.26 Å². The van der Waals surface area contributed by atoms with Gasteiger partial charge in [0, 0.05) is 43.6 Å². The van der Waals surface area contributed by atoms with E-state index in [2.05, 4.69) is 40.1 Å². The van der Waals surface area contributed by atoms with Crippen molar-refractivity contribution in [3.8, 4) is 6.07 Å². The summed E-state index contributed by atoms with van der Waals surface area (Å²) in [7, 11) is 3.40. The average molecular weight is 540 g/mol. The predicted molar refractivity (Wildman–Crippen MR) is 155 cm³/mol. The van der Waals surface area contributed by atoms with E-state index in [4.69, 9.17) is 0 Å². The fourth-order valence-corrected chi connectivity index (χ4v) is 6.70. The van der Waals surface area contributed by atoms with E-state index >= 15 is 0 Å². The minimum Gasteiger partial charge on any atom is -0.480 e. The van der Waals surface area contributed by atoms with Gasteiger partial charge in [-0.1, -0.05) is 31.4 Å². The van der Waals surface area contributed by atoms with Gasteiger partial charge in [0.2, 0.25) is 0 Å². The van der Waals surface area contributed by atoms with E-state index in [0.717, 1.165) is 52.1 Å². The van der Waals surface area contributed by atoms with Crippen LogP contribution in [0.3, 0.4) is 0 Å². The lowest BCUT2D eigenvalue weighted by molar-refractivity contribution is -0.142. The Hall–Kier alpha value is -4.09. The lowest BCUT2D eigenvalue weighted by atomic mass is 9.69. The molecule has 1 saturated heterocycles. The summed E-state index contributed by atoms with van der Waals surface area (Å²) in [4.78, 5) is 27.9. The Morgan fingerprint density at radius 3 is 2.30 bits per heavy atom. The van der Waals surface area contributed by atoms with Gasteiger partial charge in [0.15, 0.2) is 0 Å². The van der Waals surface area contributed by atoms with Gasteiger partial charge >= 0.3 is 5.97 Å². The Morgan fingerprint density at radius 2 is 1.70 bits per heavy atom. The summed E-state index contributed by atoms with van der Waals surface area (Å²) < 4.78 is 0. The van der Waals surface area contributed by atoms with Crippen molar-refractivity contribution in [2.75, 3.05) is 27.2 Å². The fourth-order valence-electron chi connectivity index (χ4n) is 6.70. The van der Waals surface area contributed by atoms with Crippen molar-refractivity contribution in [3.63, 3.8) is 0 Å². The molecule has 5 rings (SSSR count). The normalized spacial score (nSPS) is 24.0. The predicted octanol–water partition coefficient (Wildman–Crippen LogP) is 3.19. The van der Waals surface area contributed by atoms with Crippen molar-refractivity contribution in [1.29, 1.82) is 5.26 Å². The lowest BCUT2D eigenvalue weighted by Crippen LogP contribution is -2.42. The third-order valence-corrected chi connectivity index (χ3v) is 8.92. The molecule has 8 nitrogen and oxygen atoms in total. The van der Waals surface area contributed by atoms with Crippen LogP contribution < -0.4 is 16.0 Å². The molecule has 2 aliphatic carbocycles. The summed E-state index contributed by atoms with van der Waals surface area (Å²) >= 11 is 0. The van der Waals surface area contributed by atoms with E-state index in [1.165, 1.54) is 0 Å². The summed E-state index contributed by atoms with van der Waals surface area (Å²) in [5.74, 6) is -0.525. The molecule has 4 atom stereocenters. The van der Waals surface area contributed by atoms with E-state index in [1.54, 1.807) is 13.1 Å². The zero-order valence-corrected chi connectivity index (χ0v) is 23.2. The third kappa shape index (κ3) is 4.65. The second-order valence-corrected chi connectivity index (χ2v) is 11.1. The van der Waals surface area contributed by atoms with Crippen LogP contribution in [-0.2, 0) is 23.1 Å². The van der Waals surface area contributed by atoms with E-state index in [9.17, 15) is 20.0 Å². The fraction of sp³-hybridized carbons (Fsp3) is 0.406. The number of hydrogen-bond acceptors (Lipinski definition) is 6. The number of hydrogen-bond donors (Lipinski definition) is 4. The van der Waals surface area contributed by atoms with Gasteiger partial charge in [0.05, 0.1) is 6.07 Å². The molecule has 208 valence electrons. The average Bonchev–Trinajstić information content (AvgIpc) is 3.66. The van der Waals surface area contributed by atoms with Crippen molar-refractivity contribution >= 4 is 17.6 Å². The molecule has 1 amide bonds. The molecule has 3 aliphatic rings. The van der Waals surface area contributed by atoms with Gasteiger partial charge in [0.1, 0.15) is 11.5 Å². The number of carbonyl (C=O) groups is 2. The molecular formula is C32H37N5O3. The largest absolute Gasteiger partial charge is 0.480 e. The van der Waals surface area contributed by atoms with Crippen LogP contribution in [0.25, 0.3) is 5.70 Å². The molecule has 0 radical (unpaired) electrons. The second kappa shape index (κ2) is 10.8. The van der Waals surface area contributed by atoms with Crippen LogP contribution in [0.2, 0.25) is 0 Å². The molecule has 8 heteroatoms. The first-order chi connectivity index (χ1) is 19.2. The van der Waals surface area contributed by atoms with Crippen molar-refractivity contribution in [3.05, 3.63) is 88.6 Å². The molecule has 1 aliphatic heterocycles. The molecule has 2 fully saturated rings. The zero-order valence-electron chi connectivity index (χ0n) is 23.2. The Balaban J connectivity index is 1.47. The highest BCUT2D eigenvalue weighted by molar-refractivity contribution is 5.95. The number of fused-ring (bicyclic) bond motifs is 3. The maximum absolute atomic E-state index is 13.4. The van der Waals surface area contributed by atoms with Gasteiger partial charge in [0.25, 0.3) is 5.91 Å². The van der Waals surface area contributed by atoms with Gasteiger partial charge in [-0.05, 0) is 90.6 Å². The smallest absolute Gasteiger partial charge is 0.318 e. The summed E-state index contributed by atoms with van der Waals surface area (Å²) in [5.41, 5.74) is 5.10. The van der Waals surface area contributed by atoms with Crippen LogP contribution in [0.1, 0.15) is 57.4 Å². The number of likely N-dealkylation sites (tertiary alicyclic amines) is 1.